The zero-order valence-electron chi connectivity index (χ0n) is 14.0. The number of hydrogen-bond donors (Lipinski definition) is 0. The van der Waals surface area contributed by atoms with E-state index in [4.69, 9.17) is 11.6 Å². The third kappa shape index (κ3) is 2.84. The standard InChI is InChI=1S/C21H17ClFNO2/c22-17-5-2-1-4-15(17)16-12-20(26)24(14-10-8-13(23)9-11-14)18-6-3-7-19(25)21(16)18/h1-2,4-5,8-11,16H,3,6-7,12H2/t16-/m0/s1. The highest BCUT2D eigenvalue weighted by molar-refractivity contribution is 6.31. The molecule has 0 saturated carbocycles. The van der Waals surface area contributed by atoms with Crippen molar-refractivity contribution in [2.24, 2.45) is 0 Å². The Morgan fingerprint density at radius 1 is 1.00 bits per heavy atom. The van der Waals surface area contributed by atoms with Gasteiger partial charge in [0.05, 0.1) is 0 Å². The molecular weight excluding hydrogens is 353 g/mol. The van der Waals surface area contributed by atoms with E-state index in [0.29, 0.717) is 35.5 Å². The highest BCUT2D eigenvalue weighted by Crippen LogP contribution is 2.44. The van der Waals surface area contributed by atoms with Crippen LogP contribution in [0.1, 0.15) is 37.2 Å². The van der Waals surface area contributed by atoms with Crippen molar-refractivity contribution in [2.45, 2.75) is 31.6 Å². The molecule has 0 fully saturated rings. The van der Waals surface area contributed by atoms with Crippen LogP contribution in [0.5, 0.6) is 0 Å². The Balaban J connectivity index is 1.87. The van der Waals surface area contributed by atoms with Gasteiger partial charge in [-0.25, -0.2) is 4.39 Å². The maximum atomic E-state index is 13.3. The van der Waals surface area contributed by atoms with E-state index in [1.165, 1.54) is 12.1 Å². The molecule has 0 aromatic heterocycles. The summed E-state index contributed by atoms with van der Waals surface area (Å²) in [6.07, 6.45) is 2.00. The molecule has 132 valence electrons. The Morgan fingerprint density at radius 2 is 1.73 bits per heavy atom. The summed E-state index contributed by atoms with van der Waals surface area (Å²) < 4.78 is 13.3. The molecule has 0 spiro atoms. The van der Waals surface area contributed by atoms with E-state index in [1.54, 1.807) is 23.1 Å². The number of carbonyl (C=O) groups excluding carboxylic acids is 2. The predicted octanol–water partition coefficient (Wildman–Crippen LogP) is 5.01. The molecule has 1 aliphatic carbocycles. The van der Waals surface area contributed by atoms with Gasteiger partial charge in [0.1, 0.15) is 5.82 Å². The Labute approximate surface area is 156 Å². The first-order chi connectivity index (χ1) is 12.6. The number of halogens is 2. The van der Waals surface area contributed by atoms with Crippen LogP contribution in [0.4, 0.5) is 10.1 Å². The fourth-order valence-corrected chi connectivity index (χ4v) is 4.17. The molecule has 0 N–H and O–H groups in total. The molecule has 1 atom stereocenters. The van der Waals surface area contributed by atoms with Crippen molar-refractivity contribution in [2.75, 3.05) is 4.90 Å². The molecular formula is C21H17ClFNO2. The molecule has 0 saturated heterocycles. The molecule has 0 bridgehead atoms. The minimum atomic E-state index is -0.360. The number of amides is 1. The van der Waals surface area contributed by atoms with Crippen LogP contribution in [-0.4, -0.2) is 11.7 Å². The molecule has 2 aromatic carbocycles. The summed E-state index contributed by atoms with van der Waals surface area (Å²) in [7, 11) is 0. The van der Waals surface area contributed by atoms with E-state index < -0.39 is 0 Å². The van der Waals surface area contributed by atoms with E-state index in [2.05, 4.69) is 0 Å². The van der Waals surface area contributed by atoms with Crippen molar-refractivity contribution in [3.8, 4) is 0 Å². The molecule has 2 aliphatic rings. The zero-order chi connectivity index (χ0) is 18.3. The van der Waals surface area contributed by atoms with Gasteiger partial charge in [-0.15, -0.1) is 0 Å². The van der Waals surface area contributed by atoms with E-state index >= 15 is 0 Å². The van der Waals surface area contributed by atoms with Gasteiger partial charge in [0.2, 0.25) is 5.91 Å². The maximum absolute atomic E-state index is 13.3. The van der Waals surface area contributed by atoms with Gasteiger partial charge in [0.15, 0.2) is 5.78 Å². The van der Waals surface area contributed by atoms with Crippen LogP contribution in [-0.2, 0) is 9.59 Å². The lowest BCUT2D eigenvalue weighted by Gasteiger charge is -2.38. The van der Waals surface area contributed by atoms with Crippen LogP contribution >= 0.6 is 11.6 Å². The van der Waals surface area contributed by atoms with E-state index in [9.17, 15) is 14.0 Å². The van der Waals surface area contributed by atoms with Crippen LogP contribution < -0.4 is 4.90 Å². The van der Waals surface area contributed by atoms with Crippen molar-refractivity contribution in [3.05, 3.63) is 76.2 Å². The number of anilines is 1. The third-order valence-electron chi connectivity index (χ3n) is 5.04. The second-order valence-electron chi connectivity index (χ2n) is 6.62. The smallest absolute Gasteiger partial charge is 0.232 e. The fourth-order valence-electron chi connectivity index (χ4n) is 3.91. The van der Waals surface area contributed by atoms with Crippen LogP contribution in [0.15, 0.2) is 59.8 Å². The Kier molecular flexibility index (Phi) is 4.37. The molecule has 1 heterocycles. The van der Waals surface area contributed by atoms with Gasteiger partial charge in [-0.2, -0.15) is 0 Å². The lowest BCUT2D eigenvalue weighted by atomic mass is 9.77. The van der Waals surface area contributed by atoms with Crippen LogP contribution in [0.3, 0.4) is 0 Å². The Bertz CT molecular complexity index is 920. The van der Waals surface area contributed by atoms with Gasteiger partial charge in [-0.1, -0.05) is 29.8 Å². The monoisotopic (exact) mass is 369 g/mol. The van der Waals surface area contributed by atoms with Gasteiger partial charge in [-0.3, -0.25) is 14.5 Å². The summed E-state index contributed by atoms with van der Waals surface area (Å²) >= 11 is 6.35. The van der Waals surface area contributed by atoms with Crippen molar-refractivity contribution >= 4 is 29.0 Å². The van der Waals surface area contributed by atoms with Crippen LogP contribution in [0.2, 0.25) is 5.02 Å². The highest BCUT2D eigenvalue weighted by atomic mass is 35.5. The minimum Gasteiger partial charge on any atom is -0.294 e. The van der Waals surface area contributed by atoms with Crippen LogP contribution in [0, 0.1) is 5.82 Å². The number of allylic oxidation sites excluding steroid dienone is 2. The van der Waals surface area contributed by atoms with E-state index in [0.717, 1.165) is 11.3 Å². The summed E-state index contributed by atoms with van der Waals surface area (Å²) in [5.41, 5.74) is 2.81. The number of hydrogen-bond acceptors (Lipinski definition) is 2. The van der Waals surface area contributed by atoms with Crippen molar-refractivity contribution in [3.63, 3.8) is 0 Å². The fraction of sp³-hybridized carbons (Fsp3) is 0.238. The topological polar surface area (TPSA) is 37.4 Å². The lowest BCUT2D eigenvalue weighted by molar-refractivity contribution is -0.119. The van der Waals surface area contributed by atoms with Crippen molar-refractivity contribution in [1.82, 2.24) is 0 Å². The first kappa shape index (κ1) is 17.0. The quantitative estimate of drug-likeness (QED) is 0.746. The number of rotatable bonds is 2. The van der Waals surface area contributed by atoms with Gasteiger partial charge in [-0.05, 0) is 48.7 Å². The van der Waals surface area contributed by atoms with Crippen LogP contribution in [0.25, 0.3) is 0 Å². The zero-order valence-corrected chi connectivity index (χ0v) is 14.8. The summed E-state index contributed by atoms with van der Waals surface area (Å²) in [6.45, 7) is 0. The van der Waals surface area contributed by atoms with Gasteiger partial charge in [0.25, 0.3) is 0 Å². The molecule has 3 nitrogen and oxygen atoms in total. The Hall–Kier alpha value is -2.46. The number of benzene rings is 2. The average molecular weight is 370 g/mol. The number of Topliss-reactive ketones (excluding diaryl/α,β-unsaturated/α-hetero) is 1. The number of ketones is 1. The third-order valence-corrected chi connectivity index (χ3v) is 5.38. The first-order valence-corrected chi connectivity index (χ1v) is 9.03. The minimum absolute atomic E-state index is 0.0655. The number of carbonyl (C=O) groups is 2. The van der Waals surface area contributed by atoms with Crippen molar-refractivity contribution in [1.29, 1.82) is 0 Å². The summed E-state index contributed by atoms with van der Waals surface area (Å²) in [5.74, 6) is -0.720. The second-order valence-corrected chi connectivity index (χ2v) is 7.03. The largest absolute Gasteiger partial charge is 0.294 e. The highest BCUT2D eigenvalue weighted by Gasteiger charge is 2.40. The van der Waals surface area contributed by atoms with E-state index in [-0.39, 0.29) is 29.8 Å². The Morgan fingerprint density at radius 3 is 2.46 bits per heavy atom. The molecule has 5 heteroatoms. The molecule has 0 unspecified atom stereocenters. The second kappa shape index (κ2) is 6.69. The molecule has 1 aliphatic heterocycles. The lowest BCUT2D eigenvalue weighted by Crippen LogP contribution is -2.40. The number of nitrogens with zero attached hydrogens (tertiary/aromatic N) is 1. The molecule has 0 radical (unpaired) electrons. The van der Waals surface area contributed by atoms with Gasteiger partial charge >= 0.3 is 0 Å². The summed E-state index contributed by atoms with van der Waals surface area (Å²) in [6, 6.07) is 13.2. The predicted molar refractivity (Wildman–Crippen MR) is 98.6 cm³/mol. The van der Waals surface area contributed by atoms with Gasteiger partial charge < -0.3 is 0 Å². The molecule has 4 rings (SSSR count). The first-order valence-electron chi connectivity index (χ1n) is 8.65. The van der Waals surface area contributed by atoms with E-state index in [1.807, 2.05) is 18.2 Å². The molecule has 2 aromatic rings. The summed E-state index contributed by atoms with van der Waals surface area (Å²) in [5, 5.41) is 0.561. The summed E-state index contributed by atoms with van der Waals surface area (Å²) in [4.78, 5) is 27.3. The average Bonchev–Trinajstić information content (AvgIpc) is 2.63. The normalized spacial score (nSPS) is 20.4. The molecule has 1 amide bonds. The van der Waals surface area contributed by atoms with Crippen molar-refractivity contribution < 1.29 is 14.0 Å². The maximum Gasteiger partial charge on any atom is 0.232 e. The van der Waals surface area contributed by atoms with Gasteiger partial charge in [0, 0.05) is 40.7 Å². The SMILES string of the molecule is O=C1CCCC2=C1[C@H](c1ccccc1Cl)CC(=O)N2c1ccc(F)cc1. The molecule has 26 heavy (non-hydrogen) atoms.